The van der Waals surface area contributed by atoms with Crippen molar-refractivity contribution in [1.29, 1.82) is 0 Å². The fourth-order valence-electron chi connectivity index (χ4n) is 2.87. The number of ether oxygens (including phenoxy) is 1. The molecule has 0 aliphatic heterocycles. The van der Waals surface area contributed by atoms with E-state index < -0.39 is 0 Å². The summed E-state index contributed by atoms with van der Waals surface area (Å²) in [4.78, 5) is 11.4. The number of rotatable bonds is 6. The molecule has 1 fully saturated rings. The van der Waals surface area contributed by atoms with Crippen molar-refractivity contribution in [3.8, 4) is 0 Å². The van der Waals surface area contributed by atoms with E-state index in [1.54, 1.807) is 0 Å². The highest BCUT2D eigenvalue weighted by atomic mass is 16.5. The SMILES string of the molecule is COCC(=O)Nc1ccc(NC2CCCCC2CN)cc1. The van der Waals surface area contributed by atoms with Crippen LogP contribution in [0.1, 0.15) is 25.7 Å². The van der Waals surface area contributed by atoms with Gasteiger partial charge in [0.25, 0.3) is 0 Å². The number of methoxy groups -OCH3 is 1. The summed E-state index contributed by atoms with van der Waals surface area (Å²) in [5.41, 5.74) is 7.71. The van der Waals surface area contributed by atoms with E-state index in [1.165, 1.54) is 32.8 Å². The molecule has 2 atom stereocenters. The Kier molecular flexibility index (Phi) is 6.02. The third kappa shape index (κ3) is 4.72. The van der Waals surface area contributed by atoms with Crippen LogP contribution in [0.15, 0.2) is 24.3 Å². The normalized spacial score (nSPS) is 21.8. The first-order valence-corrected chi connectivity index (χ1v) is 7.58. The van der Waals surface area contributed by atoms with E-state index in [1.807, 2.05) is 24.3 Å². The standard InChI is InChI=1S/C16H25N3O2/c1-21-11-16(20)19-14-8-6-13(7-9-14)18-15-5-3-2-4-12(15)10-17/h6-9,12,15,18H,2-5,10-11,17H2,1H3,(H,19,20). The van der Waals surface area contributed by atoms with Crippen LogP contribution in [0.25, 0.3) is 0 Å². The highest BCUT2D eigenvalue weighted by molar-refractivity contribution is 5.91. The summed E-state index contributed by atoms with van der Waals surface area (Å²) in [6, 6.07) is 8.24. The first kappa shape index (κ1) is 15.8. The number of nitrogens with two attached hydrogens (primary N) is 1. The zero-order chi connectivity index (χ0) is 15.1. The number of hydrogen-bond acceptors (Lipinski definition) is 4. The van der Waals surface area contributed by atoms with Crippen molar-refractivity contribution in [3.05, 3.63) is 24.3 Å². The second-order valence-corrected chi connectivity index (χ2v) is 5.59. The van der Waals surface area contributed by atoms with Crippen molar-refractivity contribution in [3.63, 3.8) is 0 Å². The molecule has 116 valence electrons. The largest absolute Gasteiger partial charge is 0.382 e. The van der Waals surface area contributed by atoms with Crippen LogP contribution >= 0.6 is 0 Å². The number of carbonyl (C=O) groups is 1. The van der Waals surface area contributed by atoms with E-state index in [4.69, 9.17) is 10.5 Å². The van der Waals surface area contributed by atoms with Crippen LogP contribution < -0.4 is 16.4 Å². The highest BCUT2D eigenvalue weighted by Gasteiger charge is 2.23. The van der Waals surface area contributed by atoms with Gasteiger partial charge >= 0.3 is 0 Å². The van der Waals surface area contributed by atoms with Crippen LogP contribution in [0.3, 0.4) is 0 Å². The Morgan fingerprint density at radius 2 is 1.90 bits per heavy atom. The molecule has 5 heteroatoms. The van der Waals surface area contributed by atoms with Crippen LogP contribution in [0.4, 0.5) is 11.4 Å². The number of anilines is 2. The van der Waals surface area contributed by atoms with Gasteiger partial charge in [0.15, 0.2) is 0 Å². The van der Waals surface area contributed by atoms with Crippen molar-refractivity contribution in [2.45, 2.75) is 31.7 Å². The Morgan fingerprint density at radius 1 is 1.24 bits per heavy atom. The maximum atomic E-state index is 11.4. The zero-order valence-electron chi connectivity index (χ0n) is 12.6. The molecule has 1 aromatic carbocycles. The van der Waals surface area contributed by atoms with Gasteiger partial charge in [0.1, 0.15) is 6.61 Å². The number of nitrogens with one attached hydrogen (secondary N) is 2. The molecule has 1 aromatic rings. The lowest BCUT2D eigenvalue weighted by Gasteiger charge is -2.32. The number of hydrogen-bond donors (Lipinski definition) is 3. The van der Waals surface area contributed by atoms with Gasteiger partial charge in [-0.3, -0.25) is 4.79 Å². The first-order chi connectivity index (χ1) is 10.2. The molecule has 0 spiro atoms. The van der Waals surface area contributed by atoms with Gasteiger partial charge in [-0.2, -0.15) is 0 Å². The number of amides is 1. The fourth-order valence-corrected chi connectivity index (χ4v) is 2.87. The van der Waals surface area contributed by atoms with Crippen molar-refractivity contribution in [1.82, 2.24) is 0 Å². The highest BCUT2D eigenvalue weighted by Crippen LogP contribution is 2.27. The van der Waals surface area contributed by atoms with Crippen molar-refractivity contribution >= 4 is 17.3 Å². The lowest BCUT2D eigenvalue weighted by molar-refractivity contribution is -0.119. The average Bonchev–Trinajstić information content (AvgIpc) is 2.50. The van der Waals surface area contributed by atoms with Crippen LogP contribution in [0, 0.1) is 5.92 Å². The van der Waals surface area contributed by atoms with Crippen LogP contribution in [0.5, 0.6) is 0 Å². The monoisotopic (exact) mass is 291 g/mol. The summed E-state index contributed by atoms with van der Waals surface area (Å²) >= 11 is 0. The van der Waals surface area contributed by atoms with Gasteiger partial charge in [0.05, 0.1) is 0 Å². The Hall–Kier alpha value is -1.59. The molecule has 2 rings (SSSR count). The third-order valence-electron chi connectivity index (χ3n) is 4.01. The summed E-state index contributed by atoms with van der Waals surface area (Å²) in [5, 5.41) is 6.35. The third-order valence-corrected chi connectivity index (χ3v) is 4.01. The summed E-state index contributed by atoms with van der Waals surface area (Å²) in [6.07, 6.45) is 4.93. The van der Waals surface area contributed by atoms with Gasteiger partial charge < -0.3 is 21.1 Å². The van der Waals surface area contributed by atoms with Gasteiger partial charge in [0.2, 0.25) is 5.91 Å². The van der Waals surface area contributed by atoms with Crippen LogP contribution in [0.2, 0.25) is 0 Å². The van der Waals surface area contributed by atoms with E-state index in [-0.39, 0.29) is 12.5 Å². The lowest BCUT2D eigenvalue weighted by Crippen LogP contribution is -2.36. The van der Waals surface area contributed by atoms with E-state index in [2.05, 4.69) is 10.6 Å². The molecule has 1 saturated carbocycles. The Labute approximate surface area is 126 Å². The van der Waals surface area contributed by atoms with Gasteiger partial charge in [-0.1, -0.05) is 12.8 Å². The Balaban J connectivity index is 1.91. The molecule has 0 aromatic heterocycles. The minimum atomic E-state index is -0.145. The molecule has 1 aliphatic carbocycles. The predicted molar refractivity (Wildman–Crippen MR) is 85.4 cm³/mol. The van der Waals surface area contributed by atoms with Gasteiger partial charge in [-0.25, -0.2) is 0 Å². The molecule has 1 amide bonds. The average molecular weight is 291 g/mol. The summed E-state index contributed by atoms with van der Waals surface area (Å²) in [7, 11) is 1.50. The van der Waals surface area contributed by atoms with Gasteiger partial charge in [-0.15, -0.1) is 0 Å². The van der Waals surface area contributed by atoms with Crippen molar-refractivity contribution in [2.24, 2.45) is 11.7 Å². The summed E-state index contributed by atoms with van der Waals surface area (Å²) < 4.78 is 4.79. The maximum absolute atomic E-state index is 11.4. The second-order valence-electron chi connectivity index (χ2n) is 5.59. The molecule has 0 heterocycles. The van der Waals surface area contributed by atoms with Crippen molar-refractivity contribution < 1.29 is 9.53 Å². The Bertz CT molecular complexity index is 447. The smallest absolute Gasteiger partial charge is 0.250 e. The Morgan fingerprint density at radius 3 is 2.57 bits per heavy atom. The molecule has 0 saturated heterocycles. The number of benzene rings is 1. The molecule has 0 bridgehead atoms. The maximum Gasteiger partial charge on any atom is 0.250 e. The van der Waals surface area contributed by atoms with Gasteiger partial charge in [0, 0.05) is 24.5 Å². The molecule has 4 N–H and O–H groups in total. The van der Waals surface area contributed by atoms with Crippen molar-refractivity contribution in [2.75, 3.05) is 30.9 Å². The molecular weight excluding hydrogens is 266 g/mol. The van der Waals surface area contributed by atoms with E-state index in [0.717, 1.165) is 17.9 Å². The molecule has 0 radical (unpaired) electrons. The lowest BCUT2D eigenvalue weighted by atomic mass is 9.84. The quantitative estimate of drug-likeness (QED) is 0.751. The van der Waals surface area contributed by atoms with Crippen LogP contribution in [-0.4, -0.2) is 32.2 Å². The number of carbonyl (C=O) groups excluding carboxylic acids is 1. The fraction of sp³-hybridized carbons (Fsp3) is 0.562. The minimum Gasteiger partial charge on any atom is -0.382 e. The second kappa shape index (κ2) is 8.00. The molecule has 5 nitrogen and oxygen atoms in total. The van der Waals surface area contributed by atoms with Crippen LogP contribution in [-0.2, 0) is 9.53 Å². The molecule has 2 unspecified atom stereocenters. The van der Waals surface area contributed by atoms with E-state index in [0.29, 0.717) is 12.0 Å². The van der Waals surface area contributed by atoms with Gasteiger partial charge in [-0.05, 0) is 49.6 Å². The molecule has 21 heavy (non-hydrogen) atoms. The van der Waals surface area contributed by atoms with E-state index >= 15 is 0 Å². The summed E-state index contributed by atoms with van der Waals surface area (Å²) in [5.74, 6) is 0.411. The predicted octanol–water partition coefficient (Wildman–Crippen LogP) is 2.20. The topological polar surface area (TPSA) is 76.4 Å². The minimum absolute atomic E-state index is 0.0697. The molecule has 1 aliphatic rings. The van der Waals surface area contributed by atoms with E-state index in [9.17, 15) is 4.79 Å². The first-order valence-electron chi connectivity index (χ1n) is 7.58. The summed E-state index contributed by atoms with van der Waals surface area (Å²) in [6.45, 7) is 0.809. The zero-order valence-corrected chi connectivity index (χ0v) is 12.6. The molecular formula is C16H25N3O2.